The molecular formula is C15H20O7. The molecule has 22 heavy (non-hydrogen) atoms. The first kappa shape index (κ1) is 17.9. The fourth-order valence-corrected chi connectivity index (χ4v) is 1.44. The van der Waals surface area contributed by atoms with Crippen LogP contribution in [-0.2, 0) is 24.3 Å². The second-order valence-electron chi connectivity index (χ2n) is 4.75. The predicted molar refractivity (Wildman–Crippen MR) is 75.9 cm³/mol. The van der Waals surface area contributed by atoms with Crippen molar-refractivity contribution < 1.29 is 33.9 Å². The lowest BCUT2D eigenvalue weighted by atomic mass is 10.1. The highest BCUT2D eigenvalue weighted by atomic mass is 17.5. The number of hydrogen-bond donors (Lipinski definition) is 0. The molecule has 0 aromatic heterocycles. The van der Waals surface area contributed by atoms with Gasteiger partial charge in [0.05, 0.1) is 23.3 Å². The van der Waals surface area contributed by atoms with Gasteiger partial charge in [0.25, 0.3) is 0 Å². The number of carbonyl (C=O) groups is 2. The Bertz CT molecular complexity index is 513. The van der Waals surface area contributed by atoms with Crippen molar-refractivity contribution in [1.29, 1.82) is 0 Å². The molecule has 0 saturated carbocycles. The van der Waals surface area contributed by atoms with Gasteiger partial charge in [0.1, 0.15) is 0 Å². The quantitative estimate of drug-likeness (QED) is 0.435. The molecule has 0 spiro atoms. The van der Waals surface area contributed by atoms with E-state index in [9.17, 15) is 9.59 Å². The topological polar surface area (TPSA) is 80.3 Å². The number of aryl methyl sites for hydroxylation is 2. The van der Waals surface area contributed by atoms with Gasteiger partial charge in [-0.2, -0.15) is 0 Å². The molecule has 0 radical (unpaired) electrons. The summed E-state index contributed by atoms with van der Waals surface area (Å²) in [5.74, 6) is -0.774. The highest BCUT2D eigenvalue weighted by Gasteiger charge is 2.13. The average molecular weight is 312 g/mol. The molecule has 1 rings (SSSR count). The highest BCUT2D eigenvalue weighted by Crippen LogP contribution is 2.11. The third-order valence-corrected chi connectivity index (χ3v) is 3.10. The van der Waals surface area contributed by atoms with Crippen LogP contribution in [0.1, 0.15) is 34.8 Å². The SMILES string of the molecule is COC(C)CCOC(=O)OOOC(=O)c1ccc(C)c(C)c1. The van der Waals surface area contributed by atoms with E-state index < -0.39 is 12.1 Å². The van der Waals surface area contributed by atoms with Gasteiger partial charge >= 0.3 is 12.1 Å². The number of methoxy groups -OCH3 is 1. The summed E-state index contributed by atoms with van der Waals surface area (Å²) in [5.41, 5.74) is 2.26. The van der Waals surface area contributed by atoms with Crippen LogP contribution in [0.5, 0.6) is 0 Å². The molecule has 0 amide bonds. The minimum atomic E-state index is -1.10. The standard InChI is InChI=1S/C15H20O7/c1-10-5-6-13(9-11(10)2)14(16)20-22-21-15(17)19-8-7-12(3)18-4/h5-6,9,12H,7-8H2,1-4H3. The summed E-state index contributed by atoms with van der Waals surface area (Å²) < 4.78 is 9.66. The Hall–Kier alpha value is -2.12. The van der Waals surface area contributed by atoms with E-state index >= 15 is 0 Å². The number of benzene rings is 1. The Labute approximate surface area is 128 Å². The monoisotopic (exact) mass is 312 g/mol. The van der Waals surface area contributed by atoms with Gasteiger partial charge in [-0.25, -0.2) is 14.5 Å². The zero-order valence-corrected chi connectivity index (χ0v) is 13.1. The van der Waals surface area contributed by atoms with Crippen LogP contribution in [0, 0.1) is 13.8 Å². The van der Waals surface area contributed by atoms with Crippen LogP contribution in [0.3, 0.4) is 0 Å². The first-order chi connectivity index (χ1) is 10.4. The summed E-state index contributed by atoms with van der Waals surface area (Å²) in [4.78, 5) is 31.3. The maximum Gasteiger partial charge on any atom is 0.543 e. The van der Waals surface area contributed by atoms with Gasteiger partial charge in [-0.3, -0.25) is 4.89 Å². The molecule has 7 heteroatoms. The number of carbonyl (C=O) groups excluding carboxylic acids is 2. The Morgan fingerprint density at radius 3 is 2.50 bits per heavy atom. The van der Waals surface area contributed by atoms with Crippen LogP contribution in [0.4, 0.5) is 4.79 Å². The van der Waals surface area contributed by atoms with Gasteiger partial charge in [0.2, 0.25) is 0 Å². The molecular weight excluding hydrogens is 292 g/mol. The van der Waals surface area contributed by atoms with E-state index in [-0.39, 0.29) is 18.3 Å². The highest BCUT2D eigenvalue weighted by molar-refractivity contribution is 5.89. The van der Waals surface area contributed by atoms with Crippen molar-refractivity contribution in [3.8, 4) is 0 Å². The van der Waals surface area contributed by atoms with Gasteiger partial charge in [-0.05, 0) is 44.0 Å². The normalized spacial score (nSPS) is 11.6. The number of hydrogen-bond acceptors (Lipinski definition) is 7. The van der Waals surface area contributed by atoms with Gasteiger partial charge in [0.15, 0.2) is 0 Å². The molecule has 0 heterocycles. The molecule has 0 saturated heterocycles. The molecule has 1 unspecified atom stereocenters. The minimum Gasteiger partial charge on any atom is -0.432 e. The second kappa shape index (κ2) is 9.01. The number of ether oxygens (including phenoxy) is 2. The first-order valence-electron chi connectivity index (χ1n) is 6.76. The van der Waals surface area contributed by atoms with Gasteiger partial charge in [0, 0.05) is 13.5 Å². The lowest BCUT2D eigenvalue weighted by Gasteiger charge is -2.08. The lowest BCUT2D eigenvalue weighted by molar-refractivity contribution is -0.452. The zero-order chi connectivity index (χ0) is 16.5. The third-order valence-electron chi connectivity index (χ3n) is 3.10. The van der Waals surface area contributed by atoms with Gasteiger partial charge < -0.3 is 9.47 Å². The van der Waals surface area contributed by atoms with E-state index in [4.69, 9.17) is 4.74 Å². The van der Waals surface area contributed by atoms with Crippen molar-refractivity contribution >= 4 is 12.1 Å². The molecule has 1 aromatic rings. The van der Waals surface area contributed by atoms with Crippen molar-refractivity contribution in [2.75, 3.05) is 13.7 Å². The van der Waals surface area contributed by atoms with Gasteiger partial charge in [-0.15, -0.1) is 0 Å². The Kier molecular flexibility index (Phi) is 7.34. The van der Waals surface area contributed by atoms with E-state index in [0.29, 0.717) is 6.42 Å². The Morgan fingerprint density at radius 1 is 1.14 bits per heavy atom. The molecule has 0 N–H and O–H groups in total. The molecule has 7 nitrogen and oxygen atoms in total. The molecule has 0 aliphatic rings. The number of rotatable bonds is 7. The fraction of sp³-hybridized carbons (Fsp3) is 0.467. The summed E-state index contributed by atoms with van der Waals surface area (Å²) in [6, 6.07) is 5.00. The summed E-state index contributed by atoms with van der Waals surface area (Å²) in [5, 5.41) is 4.11. The van der Waals surface area contributed by atoms with Crippen LogP contribution in [0.2, 0.25) is 0 Å². The second-order valence-corrected chi connectivity index (χ2v) is 4.75. The minimum absolute atomic E-state index is 0.0451. The van der Waals surface area contributed by atoms with Crippen LogP contribution in [-0.4, -0.2) is 31.9 Å². The third kappa shape index (κ3) is 6.11. The van der Waals surface area contributed by atoms with E-state index in [1.807, 2.05) is 20.8 Å². The fourth-order valence-electron chi connectivity index (χ4n) is 1.44. The first-order valence-corrected chi connectivity index (χ1v) is 6.76. The van der Waals surface area contributed by atoms with Crippen molar-refractivity contribution in [1.82, 2.24) is 0 Å². The molecule has 0 aliphatic heterocycles. The van der Waals surface area contributed by atoms with Crippen LogP contribution in [0.25, 0.3) is 0 Å². The molecule has 0 fully saturated rings. The maximum absolute atomic E-state index is 11.6. The summed E-state index contributed by atoms with van der Waals surface area (Å²) in [7, 11) is 1.55. The van der Waals surface area contributed by atoms with Crippen LogP contribution in [0.15, 0.2) is 18.2 Å². The summed E-state index contributed by atoms with van der Waals surface area (Å²) >= 11 is 0. The molecule has 0 aliphatic carbocycles. The summed E-state index contributed by atoms with van der Waals surface area (Å²) in [6.45, 7) is 5.71. The van der Waals surface area contributed by atoms with E-state index in [1.54, 1.807) is 25.3 Å². The van der Waals surface area contributed by atoms with E-state index in [0.717, 1.165) is 11.1 Å². The molecule has 1 atom stereocenters. The molecule has 122 valence electrons. The van der Waals surface area contributed by atoms with E-state index in [1.165, 1.54) is 0 Å². The average Bonchev–Trinajstić information content (AvgIpc) is 2.49. The van der Waals surface area contributed by atoms with Crippen molar-refractivity contribution in [2.45, 2.75) is 33.3 Å². The Balaban J connectivity index is 2.27. The lowest BCUT2D eigenvalue weighted by Crippen LogP contribution is -2.15. The van der Waals surface area contributed by atoms with Crippen molar-refractivity contribution in [3.05, 3.63) is 34.9 Å². The van der Waals surface area contributed by atoms with Gasteiger partial charge in [-0.1, -0.05) is 6.07 Å². The molecule has 1 aromatic carbocycles. The Morgan fingerprint density at radius 2 is 1.86 bits per heavy atom. The summed E-state index contributed by atoms with van der Waals surface area (Å²) in [6.07, 6.45) is -0.638. The predicted octanol–water partition coefficient (Wildman–Crippen LogP) is 2.89. The molecule has 0 bridgehead atoms. The van der Waals surface area contributed by atoms with Crippen LogP contribution < -0.4 is 0 Å². The van der Waals surface area contributed by atoms with Crippen molar-refractivity contribution in [2.24, 2.45) is 0 Å². The van der Waals surface area contributed by atoms with Crippen LogP contribution >= 0.6 is 0 Å². The largest absolute Gasteiger partial charge is 0.543 e. The maximum atomic E-state index is 11.6. The smallest absolute Gasteiger partial charge is 0.432 e. The van der Waals surface area contributed by atoms with Crippen molar-refractivity contribution in [3.63, 3.8) is 0 Å². The zero-order valence-electron chi connectivity index (χ0n) is 13.1. The van der Waals surface area contributed by atoms with E-state index in [2.05, 4.69) is 19.6 Å².